The molecule has 0 aliphatic carbocycles. The first kappa shape index (κ1) is 16.0. The number of hydrogen-bond acceptors (Lipinski definition) is 2. The van der Waals surface area contributed by atoms with Crippen LogP contribution in [0.3, 0.4) is 0 Å². The van der Waals surface area contributed by atoms with E-state index in [2.05, 4.69) is 65.1 Å². The Hall–Kier alpha value is -0.380. The Morgan fingerprint density at radius 2 is 2.20 bits per heavy atom. The molecular weight excluding hydrogens is 312 g/mol. The van der Waals surface area contributed by atoms with Crippen LogP contribution in [0.1, 0.15) is 44.7 Å². The topological polar surface area (TPSA) is 15.3 Å². The predicted molar refractivity (Wildman–Crippen MR) is 89.8 cm³/mol. The van der Waals surface area contributed by atoms with Gasteiger partial charge in [0.05, 0.1) is 0 Å². The standard InChI is InChI=1S/C17H27BrN2/c1-4-14-7-8-20(11-14)12-16-6-5-15(9-17(16)18)10-19-13(2)3/h5-6,9,13-14,19H,4,7-8,10-12H2,1-3H3. The van der Waals surface area contributed by atoms with E-state index in [4.69, 9.17) is 0 Å². The van der Waals surface area contributed by atoms with Crippen molar-refractivity contribution in [3.05, 3.63) is 33.8 Å². The van der Waals surface area contributed by atoms with Gasteiger partial charge in [0.15, 0.2) is 0 Å². The number of benzene rings is 1. The van der Waals surface area contributed by atoms with Gasteiger partial charge in [0.25, 0.3) is 0 Å². The fourth-order valence-electron chi connectivity index (χ4n) is 2.78. The van der Waals surface area contributed by atoms with E-state index in [0.717, 1.165) is 19.0 Å². The highest BCUT2D eigenvalue weighted by Crippen LogP contribution is 2.25. The third kappa shape index (κ3) is 4.57. The van der Waals surface area contributed by atoms with Crippen LogP contribution in [0.2, 0.25) is 0 Å². The highest BCUT2D eigenvalue weighted by atomic mass is 79.9. The number of rotatable bonds is 6. The van der Waals surface area contributed by atoms with Crippen LogP contribution < -0.4 is 5.32 Å². The van der Waals surface area contributed by atoms with E-state index in [1.807, 2.05) is 0 Å². The molecule has 0 bridgehead atoms. The lowest BCUT2D eigenvalue weighted by Gasteiger charge is -2.17. The first-order valence-corrected chi connectivity index (χ1v) is 8.60. The molecule has 0 radical (unpaired) electrons. The minimum atomic E-state index is 0.532. The Morgan fingerprint density at radius 1 is 1.40 bits per heavy atom. The molecule has 0 saturated carbocycles. The molecule has 112 valence electrons. The molecule has 1 heterocycles. The third-order valence-corrected chi connectivity index (χ3v) is 4.91. The molecule has 1 aromatic carbocycles. The first-order chi connectivity index (χ1) is 9.58. The molecule has 1 fully saturated rings. The van der Waals surface area contributed by atoms with Crippen LogP contribution in [0.5, 0.6) is 0 Å². The molecule has 1 atom stereocenters. The van der Waals surface area contributed by atoms with Crippen LogP contribution in [0, 0.1) is 5.92 Å². The first-order valence-electron chi connectivity index (χ1n) is 7.81. The molecule has 0 amide bonds. The van der Waals surface area contributed by atoms with Gasteiger partial charge in [-0.2, -0.15) is 0 Å². The Bertz CT molecular complexity index is 431. The van der Waals surface area contributed by atoms with E-state index < -0.39 is 0 Å². The molecule has 1 aliphatic heterocycles. The van der Waals surface area contributed by atoms with Gasteiger partial charge in [0, 0.05) is 30.1 Å². The number of halogens is 1. The van der Waals surface area contributed by atoms with Gasteiger partial charge in [-0.05, 0) is 36.1 Å². The van der Waals surface area contributed by atoms with Crippen LogP contribution >= 0.6 is 15.9 Å². The fourth-order valence-corrected chi connectivity index (χ4v) is 3.33. The molecule has 1 N–H and O–H groups in total. The van der Waals surface area contributed by atoms with Gasteiger partial charge in [-0.15, -0.1) is 0 Å². The average Bonchev–Trinajstić information content (AvgIpc) is 2.87. The maximum Gasteiger partial charge on any atom is 0.0245 e. The average molecular weight is 339 g/mol. The zero-order valence-electron chi connectivity index (χ0n) is 13.0. The second-order valence-corrected chi connectivity index (χ2v) is 7.11. The second kappa shape index (κ2) is 7.58. The van der Waals surface area contributed by atoms with Crippen LogP contribution in [0.25, 0.3) is 0 Å². The van der Waals surface area contributed by atoms with E-state index in [0.29, 0.717) is 6.04 Å². The molecule has 1 saturated heterocycles. The summed E-state index contributed by atoms with van der Waals surface area (Å²) in [6, 6.07) is 7.32. The van der Waals surface area contributed by atoms with Gasteiger partial charge < -0.3 is 5.32 Å². The van der Waals surface area contributed by atoms with Crippen molar-refractivity contribution in [2.45, 2.75) is 52.7 Å². The Kier molecular flexibility index (Phi) is 6.06. The summed E-state index contributed by atoms with van der Waals surface area (Å²) >= 11 is 3.74. The largest absolute Gasteiger partial charge is 0.310 e. The molecule has 1 aliphatic rings. The summed E-state index contributed by atoms with van der Waals surface area (Å²) in [5, 5.41) is 3.46. The SMILES string of the molecule is CCC1CCN(Cc2ccc(CNC(C)C)cc2Br)C1. The summed E-state index contributed by atoms with van der Waals surface area (Å²) < 4.78 is 1.25. The monoisotopic (exact) mass is 338 g/mol. The second-order valence-electron chi connectivity index (χ2n) is 6.26. The summed E-state index contributed by atoms with van der Waals surface area (Å²) in [6.07, 6.45) is 2.68. The van der Waals surface area contributed by atoms with Crippen LogP contribution in [-0.2, 0) is 13.1 Å². The van der Waals surface area contributed by atoms with Gasteiger partial charge in [0.1, 0.15) is 0 Å². The third-order valence-electron chi connectivity index (χ3n) is 4.17. The minimum absolute atomic E-state index is 0.532. The predicted octanol–water partition coefficient (Wildman–Crippen LogP) is 4.18. The van der Waals surface area contributed by atoms with Crippen molar-refractivity contribution >= 4 is 15.9 Å². The molecule has 2 nitrogen and oxygen atoms in total. The Balaban J connectivity index is 1.92. The number of hydrogen-bond donors (Lipinski definition) is 1. The Labute approximate surface area is 132 Å². The molecule has 1 aromatic rings. The van der Waals surface area contributed by atoms with Gasteiger partial charge in [-0.3, -0.25) is 4.90 Å². The van der Waals surface area contributed by atoms with Crippen molar-refractivity contribution in [1.29, 1.82) is 0 Å². The molecule has 2 rings (SSSR count). The van der Waals surface area contributed by atoms with Crippen molar-refractivity contribution in [3.8, 4) is 0 Å². The molecule has 0 aromatic heterocycles. The number of nitrogens with one attached hydrogen (secondary N) is 1. The minimum Gasteiger partial charge on any atom is -0.310 e. The van der Waals surface area contributed by atoms with Crippen molar-refractivity contribution in [1.82, 2.24) is 10.2 Å². The van der Waals surface area contributed by atoms with Crippen molar-refractivity contribution in [2.24, 2.45) is 5.92 Å². The van der Waals surface area contributed by atoms with Gasteiger partial charge in [-0.25, -0.2) is 0 Å². The lowest BCUT2D eigenvalue weighted by atomic mass is 10.1. The van der Waals surface area contributed by atoms with Gasteiger partial charge >= 0.3 is 0 Å². The Morgan fingerprint density at radius 3 is 2.80 bits per heavy atom. The highest BCUT2D eigenvalue weighted by Gasteiger charge is 2.21. The lowest BCUT2D eigenvalue weighted by Crippen LogP contribution is -2.22. The normalized spacial score (nSPS) is 19.9. The van der Waals surface area contributed by atoms with E-state index >= 15 is 0 Å². The molecule has 1 unspecified atom stereocenters. The molecular formula is C17H27BrN2. The maximum absolute atomic E-state index is 3.74. The summed E-state index contributed by atoms with van der Waals surface area (Å²) in [4.78, 5) is 2.58. The van der Waals surface area contributed by atoms with E-state index in [1.165, 1.54) is 41.5 Å². The molecule has 3 heteroatoms. The van der Waals surface area contributed by atoms with Crippen molar-refractivity contribution in [3.63, 3.8) is 0 Å². The van der Waals surface area contributed by atoms with Gasteiger partial charge in [0.2, 0.25) is 0 Å². The summed E-state index contributed by atoms with van der Waals surface area (Å²) in [7, 11) is 0. The summed E-state index contributed by atoms with van der Waals surface area (Å²) in [5.74, 6) is 0.906. The fraction of sp³-hybridized carbons (Fsp3) is 0.647. The summed E-state index contributed by atoms with van der Waals surface area (Å²) in [5.41, 5.74) is 2.76. The van der Waals surface area contributed by atoms with Crippen LogP contribution in [0.4, 0.5) is 0 Å². The highest BCUT2D eigenvalue weighted by molar-refractivity contribution is 9.10. The van der Waals surface area contributed by atoms with Crippen molar-refractivity contribution < 1.29 is 0 Å². The number of likely N-dealkylation sites (tertiary alicyclic amines) is 1. The molecule has 0 spiro atoms. The van der Waals surface area contributed by atoms with E-state index in [-0.39, 0.29) is 0 Å². The zero-order chi connectivity index (χ0) is 14.5. The summed E-state index contributed by atoms with van der Waals surface area (Å²) in [6.45, 7) is 11.2. The lowest BCUT2D eigenvalue weighted by molar-refractivity contribution is 0.314. The van der Waals surface area contributed by atoms with Crippen molar-refractivity contribution in [2.75, 3.05) is 13.1 Å². The number of nitrogens with zero attached hydrogens (tertiary/aromatic N) is 1. The van der Waals surface area contributed by atoms with Gasteiger partial charge in [-0.1, -0.05) is 55.3 Å². The van der Waals surface area contributed by atoms with Crippen LogP contribution in [0.15, 0.2) is 22.7 Å². The van der Waals surface area contributed by atoms with Crippen LogP contribution in [-0.4, -0.2) is 24.0 Å². The van der Waals surface area contributed by atoms with E-state index in [1.54, 1.807) is 0 Å². The maximum atomic E-state index is 3.74. The zero-order valence-corrected chi connectivity index (χ0v) is 14.5. The quantitative estimate of drug-likeness (QED) is 0.836. The molecule has 20 heavy (non-hydrogen) atoms. The van der Waals surface area contributed by atoms with E-state index in [9.17, 15) is 0 Å². The smallest absolute Gasteiger partial charge is 0.0245 e.